The maximum atomic E-state index is 10.2. The van der Waals surface area contributed by atoms with Gasteiger partial charge >= 0.3 is 0 Å². The van der Waals surface area contributed by atoms with Crippen LogP contribution in [-0.4, -0.2) is 15.1 Å². The molecule has 0 spiro atoms. The van der Waals surface area contributed by atoms with Crippen molar-refractivity contribution < 1.29 is 5.11 Å². The average Bonchev–Trinajstić information content (AvgIpc) is 2.74. The molecule has 28 heavy (non-hydrogen) atoms. The van der Waals surface area contributed by atoms with Crippen LogP contribution in [0.3, 0.4) is 0 Å². The quantitative estimate of drug-likeness (QED) is 0.495. The van der Waals surface area contributed by atoms with Gasteiger partial charge in [-0.05, 0) is 28.7 Å². The fourth-order valence-electron chi connectivity index (χ4n) is 3.51. The third kappa shape index (κ3) is 3.79. The minimum atomic E-state index is -0.00436. The normalized spacial score (nSPS) is 10.8. The molecule has 0 unspecified atom stereocenters. The van der Waals surface area contributed by atoms with E-state index in [0.717, 1.165) is 17.7 Å². The first-order chi connectivity index (χ1) is 13.7. The van der Waals surface area contributed by atoms with Gasteiger partial charge in [-0.3, -0.25) is 0 Å². The lowest BCUT2D eigenvalue weighted by atomic mass is 9.92. The van der Waals surface area contributed by atoms with E-state index < -0.39 is 0 Å². The summed E-state index contributed by atoms with van der Waals surface area (Å²) in [6, 6.07) is 28.3. The molecule has 0 radical (unpaired) electrons. The molecule has 3 nitrogen and oxygen atoms in total. The van der Waals surface area contributed by atoms with Crippen LogP contribution in [0.5, 0.6) is 5.88 Å². The van der Waals surface area contributed by atoms with Crippen molar-refractivity contribution in [3.05, 3.63) is 102 Å². The molecule has 0 saturated heterocycles. The molecule has 0 bridgehead atoms. The maximum absolute atomic E-state index is 10.2. The Kier molecular flexibility index (Phi) is 5.16. The van der Waals surface area contributed by atoms with Crippen molar-refractivity contribution in [2.45, 2.75) is 19.8 Å². The fourth-order valence-corrected chi connectivity index (χ4v) is 3.51. The summed E-state index contributed by atoms with van der Waals surface area (Å²) >= 11 is 0. The fraction of sp³-hybridized carbons (Fsp3) is 0.120. The predicted molar refractivity (Wildman–Crippen MR) is 113 cm³/mol. The van der Waals surface area contributed by atoms with Crippen molar-refractivity contribution in [2.75, 3.05) is 0 Å². The largest absolute Gasteiger partial charge is 0.493 e. The first kappa shape index (κ1) is 17.9. The Labute approximate surface area is 165 Å². The molecule has 4 rings (SSSR count). The predicted octanol–water partition coefficient (Wildman–Crippen LogP) is 5.67. The summed E-state index contributed by atoms with van der Waals surface area (Å²) in [4.78, 5) is 8.90. The molecule has 0 atom stereocenters. The monoisotopic (exact) mass is 366 g/mol. The van der Waals surface area contributed by atoms with E-state index in [2.05, 4.69) is 54.4 Å². The molecule has 0 aliphatic rings. The number of aryl methyl sites for hydroxylation is 1. The van der Waals surface area contributed by atoms with E-state index in [0.29, 0.717) is 12.2 Å². The first-order valence-corrected chi connectivity index (χ1v) is 9.53. The van der Waals surface area contributed by atoms with Crippen molar-refractivity contribution in [3.8, 4) is 28.4 Å². The SMILES string of the molecule is CCc1ccccc1-c1ccccc1Cc1cc(O)nc(-c2ccccc2)n1. The lowest BCUT2D eigenvalue weighted by Gasteiger charge is -2.13. The number of benzene rings is 3. The summed E-state index contributed by atoms with van der Waals surface area (Å²) < 4.78 is 0. The van der Waals surface area contributed by atoms with Gasteiger partial charge in [0.2, 0.25) is 5.88 Å². The van der Waals surface area contributed by atoms with E-state index in [-0.39, 0.29) is 5.88 Å². The van der Waals surface area contributed by atoms with Crippen LogP contribution in [-0.2, 0) is 12.8 Å². The Balaban J connectivity index is 1.74. The number of aromatic hydroxyl groups is 1. The Bertz CT molecular complexity index is 1090. The zero-order chi connectivity index (χ0) is 19.3. The third-order valence-electron chi connectivity index (χ3n) is 4.88. The highest BCUT2D eigenvalue weighted by Gasteiger charge is 2.12. The molecule has 1 heterocycles. The summed E-state index contributed by atoms with van der Waals surface area (Å²) in [6.45, 7) is 2.18. The molecular weight excluding hydrogens is 344 g/mol. The molecule has 3 heteroatoms. The van der Waals surface area contributed by atoms with Crippen LogP contribution >= 0.6 is 0 Å². The third-order valence-corrected chi connectivity index (χ3v) is 4.88. The Hall–Kier alpha value is -3.46. The summed E-state index contributed by atoms with van der Waals surface area (Å²) in [5.74, 6) is 0.539. The molecule has 1 N–H and O–H groups in total. The maximum Gasteiger partial charge on any atom is 0.214 e. The number of rotatable bonds is 5. The van der Waals surface area contributed by atoms with Crippen molar-refractivity contribution in [1.29, 1.82) is 0 Å². The van der Waals surface area contributed by atoms with Crippen molar-refractivity contribution >= 4 is 0 Å². The summed E-state index contributed by atoms with van der Waals surface area (Å²) in [6.07, 6.45) is 1.61. The molecule has 0 amide bonds. The van der Waals surface area contributed by atoms with Crippen LogP contribution in [0.4, 0.5) is 0 Å². The molecule has 3 aromatic carbocycles. The van der Waals surface area contributed by atoms with Crippen molar-refractivity contribution in [3.63, 3.8) is 0 Å². The van der Waals surface area contributed by atoms with Crippen molar-refractivity contribution in [2.24, 2.45) is 0 Å². The summed E-state index contributed by atoms with van der Waals surface area (Å²) in [7, 11) is 0. The average molecular weight is 366 g/mol. The van der Waals surface area contributed by atoms with Gasteiger partial charge in [0.1, 0.15) is 0 Å². The molecule has 1 aromatic heterocycles. The Morgan fingerprint density at radius 2 is 1.32 bits per heavy atom. The lowest BCUT2D eigenvalue weighted by molar-refractivity contribution is 0.452. The van der Waals surface area contributed by atoms with Gasteiger partial charge in [-0.1, -0.05) is 85.8 Å². The van der Waals surface area contributed by atoms with Gasteiger partial charge in [0.15, 0.2) is 5.82 Å². The summed E-state index contributed by atoms with van der Waals surface area (Å²) in [5.41, 5.74) is 6.66. The first-order valence-electron chi connectivity index (χ1n) is 9.53. The molecular formula is C25H22N2O. The second-order valence-corrected chi connectivity index (χ2v) is 6.75. The molecule has 0 aliphatic heterocycles. The highest BCUT2D eigenvalue weighted by Crippen LogP contribution is 2.29. The van der Waals surface area contributed by atoms with Gasteiger partial charge in [-0.25, -0.2) is 4.98 Å². The van der Waals surface area contributed by atoms with E-state index >= 15 is 0 Å². The zero-order valence-electron chi connectivity index (χ0n) is 15.8. The van der Waals surface area contributed by atoms with Gasteiger partial charge in [0.05, 0.1) is 5.69 Å². The number of hydrogen-bond donors (Lipinski definition) is 1. The van der Waals surface area contributed by atoms with Crippen LogP contribution in [0.15, 0.2) is 84.9 Å². The minimum Gasteiger partial charge on any atom is -0.493 e. The van der Waals surface area contributed by atoms with Crippen molar-refractivity contribution in [1.82, 2.24) is 9.97 Å². The van der Waals surface area contributed by atoms with E-state index in [1.54, 1.807) is 6.07 Å². The van der Waals surface area contributed by atoms with Gasteiger partial charge < -0.3 is 5.11 Å². The van der Waals surface area contributed by atoms with Crippen LogP contribution in [0.25, 0.3) is 22.5 Å². The topological polar surface area (TPSA) is 46.0 Å². The van der Waals surface area contributed by atoms with Crippen LogP contribution in [0.1, 0.15) is 23.7 Å². The van der Waals surface area contributed by atoms with Crippen LogP contribution in [0, 0.1) is 0 Å². The van der Waals surface area contributed by atoms with Gasteiger partial charge in [-0.15, -0.1) is 0 Å². The molecule has 0 aliphatic carbocycles. The van der Waals surface area contributed by atoms with E-state index in [9.17, 15) is 5.11 Å². The molecule has 138 valence electrons. The zero-order valence-corrected chi connectivity index (χ0v) is 15.8. The van der Waals surface area contributed by atoms with Crippen LogP contribution < -0.4 is 0 Å². The lowest BCUT2D eigenvalue weighted by Crippen LogP contribution is -1.99. The standard InChI is InChI=1S/C25H22N2O/c1-2-18-10-6-8-14-22(18)23-15-9-7-13-20(23)16-21-17-24(28)27-25(26-21)19-11-4-3-5-12-19/h3-15,17H,2,16H2,1H3,(H,26,27,28). The number of hydrogen-bond acceptors (Lipinski definition) is 3. The molecule has 4 aromatic rings. The van der Waals surface area contributed by atoms with E-state index in [4.69, 9.17) is 4.98 Å². The molecule has 0 saturated carbocycles. The van der Waals surface area contributed by atoms with E-state index in [1.165, 1.54) is 22.3 Å². The van der Waals surface area contributed by atoms with Gasteiger partial charge in [0, 0.05) is 18.1 Å². The highest BCUT2D eigenvalue weighted by molar-refractivity contribution is 5.71. The number of aromatic nitrogens is 2. The second kappa shape index (κ2) is 8.05. The summed E-state index contributed by atoms with van der Waals surface area (Å²) in [5, 5.41) is 10.2. The second-order valence-electron chi connectivity index (χ2n) is 6.75. The molecule has 0 fully saturated rings. The van der Waals surface area contributed by atoms with Gasteiger partial charge in [0.25, 0.3) is 0 Å². The Morgan fingerprint density at radius 3 is 2.04 bits per heavy atom. The van der Waals surface area contributed by atoms with Crippen LogP contribution in [0.2, 0.25) is 0 Å². The highest BCUT2D eigenvalue weighted by atomic mass is 16.3. The number of nitrogens with zero attached hydrogens (tertiary/aromatic N) is 2. The smallest absolute Gasteiger partial charge is 0.214 e. The van der Waals surface area contributed by atoms with E-state index in [1.807, 2.05) is 36.4 Å². The Morgan fingerprint density at radius 1 is 0.714 bits per heavy atom. The van der Waals surface area contributed by atoms with Gasteiger partial charge in [-0.2, -0.15) is 4.98 Å². The minimum absolute atomic E-state index is 0.00436.